The summed E-state index contributed by atoms with van der Waals surface area (Å²) in [5.41, 5.74) is 0.988. The Labute approximate surface area is 565 Å². The molecule has 99 heavy (non-hydrogen) atoms. The third kappa shape index (κ3) is 19.1. The van der Waals surface area contributed by atoms with E-state index in [-0.39, 0.29) is 114 Å². The van der Waals surface area contributed by atoms with Gasteiger partial charge in [-0.25, -0.2) is 24.7 Å². The zero-order valence-corrected chi connectivity index (χ0v) is 56.4. The van der Waals surface area contributed by atoms with Gasteiger partial charge in [0.05, 0.1) is 22.7 Å². The van der Waals surface area contributed by atoms with Crippen LogP contribution in [0.15, 0.2) is 80.0 Å². The number of aromatic nitrogens is 12. The van der Waals surface area contributed by atoms with E-state index in [4.69, 9.17) is 4.74 Å². The maximum atomic E-state index is 13.9. The molecule has 0 unspecified atom stereocenters. The van der Waals surface area contributed by atoms with Crippen LogP contribution in [0.2, 0.25) is 0 Å². The predicted molar refractivity (Wildman–Crippen MR) is 359 cm³/mol. The molecule has 0 saturated carbocycles. The largest absolute Gasteiger partial charge is 0.444 e. The minimum absolute atomic E-state index is 0.0199. The molecule has 0 saturated heterocycles. The van der Waals surface area contributed by atoms with Crippen molar-refractivity contribution in [3.05, 3.63) is 126 Å². The van der Waals surface area contributed by atoms with Gasteiger partial charge in [0.2, 0.25) is 35.2 Å². The molecule has 524 valence electrons. The lowest BCUT2D eigenvalue weighted by Gasteiger charge is -2.23. The number of hydrogen-bond donors (Lipinski definition) is 12. The highest BCUT2D eigenvalue weighted by molar-refractivity contribution is 6.07. The quantitative estimate of drug-likeness (QED) is 0.0335. The van der Waals surface area contributed by atoms with E-state index in [0.29, 0.717) is 23.6 Å². The predicted octanol–water partition coefficient (Wildman–Crippen LogP) is 2.29. The van der Waals surface area contributed by atoms with Gasteiger partial charge in [0, 0.05) is 151 Å². The van der Waals surface area contributed by atoms with Crippen LogP contribution >= 0.6 is 0 Å². The standard InChI is InChI=1S/C62H78N24O13/c1-13-17-64-53(90)39-24-35(28-80(39)6)69-58(95)49-75-43(31-84(49)10)73-47(88)16-20-67-56(93)42-26-37(30-83(42)9)71-60(97)51-77-45(33-86(51)12)78-52(89)38(72-61(98)99-62(2,3)4)14-18-65-54(91)40-25-36(29-82(40)8)70-59(96)50-76-44(32-85(50)11)74-46(87)15-19-66-55(92)41-23-34(27-81(41)7)68-57(94)48-63-21-22-79(48)5/h21-33,38H,13-20H2,1-12H3,(H,64,90)(H,65,91)(H,66,92)(H,67,93)(H,68,94)(H,69,95)(H,70,96)(H,71,97)(H,72,98)(H,73,88)(H,74,87)(H,78,89)/t38-/m1/s1. The van der Waals surface area contributed by atoms with Crippen LogP contribution < -0.4 is 63.8 Å². The number of alkyl carbamates (subject to hydrolysis) is 1. The third-order valence-electron chi connectivity index (χ3n) is 14.6. The van der Waals surface area contributed by atoms with Crippen LogP contribution in [0.3, 0.4) is 0 Å². The van der Waals surface area contributed by atoms with Crippen molar-refractivity contribution in [2.45, 2.75) is 65.0 Å². The molecule has 0 aliphatic rings. The highest BCUT2D eigenvalue weighted by Gasteiger charge is 2.28. The minimum atomic E-state index is -1.33. The highest BCUT2D eigenvalue weighted by atomic mass is 16.6. The Morgan fingerprint density at radius 2 is 0.758 bits per heavy atom. The summed E-state index contributed by atoms with van der Waals surface area (Å²) in [6.45, 7) is 7.00. The Bertz CT molecular complexity index is 4420. The van der Waals surface area contributed by atoms with E-state index >= 15 is 0 Å². The van der Waals surface area contributed by atoms with Crippen molar-refractivity contribution in [1.29, 1.82) is 0 Å². The molecule has 37 nitrogen and oxygen atoms in total. The van der Waals surface area contributed by atoms with Gasteiger partial charge in [-0.2, -0.15) is 0 Å². The molecule has 12 amide bonds. The first-order chi connectivity index (χ1) is 46.8. The first kappa shape index (κ1) is 72.2. The van der Waals surface area contributed by atoms with Crippen LogP contribution in [0.1, 0.15) is 138 Å². The van der Waals surface area contributed by atoms with Crippen LogP contribution in [-0.2, 0) is 75.5 Å². The summed E-state index contributed by atoms with van der Waals surface area (Å²) in [5.74, 6) is -6.27. The number of aryl methyl sites for hydroxylation is 8. The highest BCUT2D eigenvalue weighted by Crippen LogP contribution is 2.21. The van der Waals surface area contributed by atoms with Gasteiger partial charge < -0.3 is 105 Å². The van der Waals surface area contributed by atoms with E-state index in [1.165, 1.54) is 103 Å². The number of ether oxygens (including phenoxy) is 1. The van der Waals surface area contributed by atoms with Gasteiger partial charge in [0.25, 0.3) is 47.3 Å². The van der Waals surface area contributed by atoms with Gasteiger partial charge in [-0.1, -0.05) is 6.92 Å². The number of rotatable bonds is 28. The lowest BCUT2D eigenvalue weighted by Crippen LogP contribution is -2.47. The topological polar surface area (TPSA) is 449 Å². The van der Waals surface area contributed by atoms with Crippen molar-refractivity contribution in [2.75, 3.05) is 63.4 Å². The van der Waals surface area contributed by atoms with E-state index in [1.54, 1.807) is 90.8 Å². The first-order valence-electron chi connectivity index (χ1n) is 30.8. The van der Waals surface area contributed by atoms with Crippen molar-refractivity contribution in [3.63, 3.8) is 0 Å². The van der Waals surface area contributed by atoms with Crippen molar-refractivity contribution in [2.24, 2.45) is 56.4 Å². The van der Waals surface area contributed by atoms with Crippen molar-refractivity contribution in [3.8, 4) is 0 Å². The average Bonchev–Trinajstić information content (AvgIpc) is 1.71. The fraction of sp³-hybridized carbons (Fsp3) is 0.355. The van der Waals surface area contributed by atoms with E-state index in [1.807, 2.05) is 6.92 Å². The summed E-state index contributed by atoms with van der Waals surface area (Å²) in [7, 11) is 12.7. The van der Waals surface area contributed by atoms with Crippen molar-refractivity contribution in [1.82, 2.24) is 83.1 Å². The molecule has 8 heterocycles. The molecule has 0 fully saturated rings. The number of nitrogens with zero attached hydrogens (tertiary/aromatic N) is 12. The van der Waals surface area contributed by atoms with Gasteiger partial charge in [-0.15, -0.1) is 0 Å². The summed E-state index contributed by atoms with van der Waals surface area (Å²) in [4.78, 5) is 174. The van der Waals surface area contributed by atoms with Crippen LogP contribution in [0.25, 0.3) is 0 Å². The summed E-state index contributed by atoms with van der Waals surface area (Å²) < 4.78 is 17.1. The van der Waals surface area contributed by atoms with E-state index in [0.717, 1.165) is 6.42 Å². The second-order valence-corrected chi connectivity index (χ2v) is 23.9. The third-order valence-corrected chi connectivity index (χ3v) is 14.6. The molecular formula is C62H78N24O13. The number of carbonyl (C=O) groups excluding carboxylic acids is 12. The van der Waals surface area contributed by atoms with Crippen LogP contribution in [-0.4, -0.2) is 165 Å². The number of carbonyl (C=O) groups is 12. The Kier molecular flexibility index (Phi) is 22.8. The first-order valence-corrected chi connectivity index (χ1v) is 30.8. The van der Waals surface area contributed by atoms with E-state index < -0.39 is 76.8 Å². The van der Waals surface area contributed by atoms with Gasteiger partial charge in [0.15, 0.2) is 23.3 Å². The Morgan fingerprint density at radius 1 is 0.414 bits per heavy atom. The molecule has 0 spiro atoms. The monoisotopic (exact) mass is 1370 g/mol. The summed E-state index contributed by atoms with van der Waals surface area (Å²) >= 11 is 0. The lowest BCUT2D eigenvalue weighted by molar-refractivity contribution is -0.118. The summed E-state index contributed by atoms with van der Waals surface area (Å²) in [5, 5.41) is 31.9. The molecule has 8 aromatic heterocycles. The number of amides is 12. The van der Waals surface area contributed by atoms with Gasteiger partial charge in [-0.3, -0.25) is 52.7 Å². The maximum absolute atomic E-state index is 13.9. The molecule has 1 atom stereocenters. The number of imidazole rings is 4. The summed E-state index contributed by atoms with van der Waals surface area (Å²) in [6, 6.07) is 4.49. The number of nitrogens with one attached hydrogen (secondary N) is 12. The van der Waals surface area contributed by atoms with Crippen molar-refractivity contribution >= 4 is 111 Å². The Balaban J connectivity index is 0.780. The Hall–Kier alpha value is -12.6. The normalized spacial score (nSPS) is 11.4. The second-order valence-electron chi connectivity index (χ2n) is 23.9. The average molecular weight is 1370 g/mol. The fourth-order valence-corrected chi connectivity index (χ4v) is 9.83. The van der Waals surface area contributed by atoms with Crippen LogP contribution in [0, 0.1) is 0 Å². The fourth-order valence-electron chi connectivity index (χ4n) is 9.83. The SMILES string of the molecule is CCCNC(=O)c1cc(NC(=O)c2nc(NC(=O)CCNC(=O)c3cc(NC(=O)c4nc(NC(=O)[C@@H](CCNC(=O)c5cc(NC(=O)c6nc(NC(=O)CCNC(=O)c7cc(NC(=O)c8nccn8C)cn7C)cn6C)cn5C)NC(=O)OC(C)(C)C)cn4C)cn3C)cn2C)cn1C. The molecular weight excluding hydrogens is 1290 g/mol. The molecule has 0 aromatic carbocycles. The zero-order valence-electron chi connectivity index (χ0n) is 56.4. The summed E-state index contributed by atoms with van der Waals surface area (Å²) in [6.07, 6.45) is 12.7. The van der Waals surface area contributed by atoms with Crippen LogP contribution in [0.5, 0.6) is 0 Å². The molecule has 0 bridgehead atoms. The maximum Gasteiger partial charge on any atom is 0.408 e. The molecule has 0 aliphatic carbocycles. The van der Waals surface area contributed by atoms with E-state index in [2.05, 4.69) is 83.7 Å². The number of hydrogen-bond acceptors (Lipinski definition) is 17. The molecule has 0 aliphatic heterocycles. The molecule has 0 radical (unpaired) electrons. The Morgan fingerprint density at radius 3 is 1.10 bits per heavy atom. The smallest absolute Gasteiger partial charge is 0.408 e. The molecule has 8 aromatic rings. The van der Waals surface area contributed by atoms with Crippen molar-refractivity contribution < 1.29 is 62.3 Å². The van der Waals surface area contributed by atoms with Crippen LogP contribution in [0.4, 0.5) is 45.0 Å². The molecule has 8 rings (SSSR count). The molecule has 37 heteroatoms. The number of anilines is 7. The van der Waals surface area contributed by atoms with E-state index in [9.17, 15) is 57.5 Å². The minimum Gasteiger partial charge on any atom is -0.444 e. The van der Waals surface area contributed by atoms with Gasteiger partial charge >= 0.3 is 6.09 Å². The molecule has 12 N–H and O–H groups in total. The lowest BCUT2D eigenvalue weighted by atomic mass is 10.2. The van der Waals surface area contributed by atoms with Gasteiger partial charge in [-0.05, 0) is 57.9 Å². The second kappa shape index (κ2) is 31.3. The zero-order chi connectivity index (χ0) is 72.2. The van der Waals surface area contributed by atoms with Gasteiger partial charge in [0.1, 0.15) is 34.4 Å².